The number of Topliss-reactive ketones (excluding diaryl/α,β-unsaturated/α-hetero) is 1. The Morgan fingerprint density at radius 1 is 1.03 bits per heavy atom. The van der Waals surface area contributed by atoms with E-state index < -0.39 is 6.61 Å². The molecule has 1 aromatic carbocycles. The van der Waals surface area contributed by atoms with Crippen LogP contribution in [-0.4, -0.2) is 19.5 Å². The number of carbonyl (C=O) groups excluding carboxylic acids is 1. The number of alkyl halides is 2. The lowest BCUT2D eigenvalue weighted by molar-refractivity contribution is -0.137. The zero-order valence-electron chi connectivity index (χ0n) is 20.0. The van der Waals surface area contributed by atoms with Gasteiger partial charge in [0, 0.05) is 5.41 Å². The van der Waals surface area contributed by atoms with Crippen LogP contribution >= 0.6 is 0 Å². The first-order valence-electron chi connectivity index (χ1n) is 12.6. The number of rotatable bonds is 4. The maximum Gasteiger partial charge on any atom is 0.387 e. The summed E-state index contributed by atoms with van der Waals surface area (Å²) in [6.07, 6.45) is 13.0. The summed E-state index contributed by atoms with van der Waals surface area (Å²) in [5, 5.41) is 0. The second-order valence-corrected chi connectivity index (χ2v) is 11.4. The van der Waals surface area contributed by atoms with Gasteiger partial charge in [-0.3, -0.25) is 4.79 Å². The van der Waals surface area contributed by atoms with Gasteiger partial charge in [-0.25, -0.2) is 0 Å². The highest BCUT2D eigenvalue weighted by molar-refractivity contribution is 6.06. The lowest BCUT2D eigenvalue weighted by atomic mass is 9.45. The van der Waals surface area contributed by atoms with Crippen molar-refractivity contribution in [3.8, 4) is 11.5 Å². The van der Waals surface area contributed by atoms with Crippen LogP contribution in [0.3, 0.4) is 0 Å². The topological polar surface area (TPSA) is 35.5 Å². The Labute approximate surface area is 195 Å². The molecule has 0 aliphatic heterocycles. The average molecular weight is 459 g/mol. The Balaban J connectivity index is 1.42. The van der Waals surface area contributed by atoms with E-state index in [0.29, 0.717) is 17.3 Å². The normalized spacial score (nSPS) is 39.2. The number of methoxy groups -OCH3 is 1. The zero-order valence-corrected chi connectivity index (χ0v) is 20.0. The molecule has 0 saturated heterocycles. The van der Waals surface area contributed by atoms with Gasteiger partial charge in [0.2, 0.25) is 0 Å². The summed E-state index contributed by atoms with van der Waals surface area (Å²) in [5.41, 5.74) is 1.85. The maximum absolute atomic E-state index is 13.6. The molecule has 0 amide bonds. The van der Waals surface area contributed by atoms with Crippen molar-refractivity contribution in [3.63, 3.8) is 0 Å². The van der Waals surface area contributed by atoms with Crippen molar-refractivity contribution >= 4 is 11.9 Å². The molecule has 6 atom stereocenters. The third-order valence-corrected chi connectivity index (χ3v) is 9.97. The fraction of sp³-hybridized carbons (Fsp3) is 0.679. The number of fused-ring (bicyclic) bond motifs is 5. The molecular formula is C28H36F2O3. The predicted molar refractivity (Wildman–Crippen MR) is 124 cm³/mol. The van der Waals surface area contributed by atoms with Crippen LogP contribution in [0.5, 0.6) is 11.5 Å². The summed E-state index contributed by atoms with van der Waals surface area (Å²) < 4.78 is 35.1. The van der Waals surface area contributed by atoms with Gasteiger partial charge in [-0.15, -0.1) is 0 Å². The molecule has 180 valence electrons. The van der Waals surface area contributed by atoms with Gasteiger partial charge in [0.25, 0.3) is 0 Å². The van der Waals surface area contributed by atoms with Crippen LogP contribution in [0.2, 0.25) is 0 Å². The number of ether oxygens (including phenoxy) is 2. The highest BCUT2D eigenvalue weighted by Gasteiger charge is 2.60. The minimum Gasteiger partial charge on any atom is -0.493 e. The van der Waals surface area contributed by atoms with E-state index >= 15 is 0 Å². The molecule has 5 heteroatoms. The SMILES string of the molecule is COc1cc(/C=C2/C[C@@H]3[C@H]4CC[C@H]5CCCC[C@]5(C)[C@@H]4CC[C@]3(C)C2=O)ccc1OC(F)F. The van der Waals surface area contributed by atoms with Crippen molar-refractivity contribution in [2.24, 2.45) is 34.5 Å². The number of allylic oxidation sites excluding steroid dienone is 1. The molecule has 0 bridgehead atoms. The molecule has 4 aliphatic carbocycles. The van der Waals surface area contributed by atoms with Crippen molar-refractivity contribution in [2.45, 2.75) is 78.2 Å². The minimum atomic E-state index is -2.91. The molecule has 0 radical (unpaired) electrons. The van der Waals surface area contributed by atoms with Crippen LogP contribution in [0.15, 0.2) is 23.8 Å². The summed E-state index contributed by atoms with van der Waals surface area (Å²) in [5.74, 6) is 3.20. The van der Waals surface area contributed by atoms with E-state index in [1.54, 1.807) is 12.1 Å². The first-order chi connectivity index (χ1) is 15.8. The third-order valence-electron chi connectivity index (χ3n) is 9.97. The Bertz CT molecular complexity index is 956. The lowest BCUT2D eigenvalue weighted by Crippen LogP contribution is -2.52. The Kier molecular flexibility index (Phi) is 5.81. The summed E-state index contributed by atoms with van der Waals surface area (Å²) in [6, 6.07) is 4.90. The van der Waals surface area contributed by atoms with Gasteiger partial charge in [0.05, 0.1) is 7.11 Å². The molecule has 0 N–H and O–H groups in total. The first kappa shape index (κ1) is 22.9. The van der Waals surface area contributed by atoms with Gasteiger partial charge in [0.1, 0.15) is 0 Å². The van der Waals surface area contributed by atoms with E-state index in [1.807, 2.05) is 6.08 Å². The summed E-state index contributed by atoms with van der Waals surface area (Å²) in [7, 11) is 1.43. The number of hydrogen-bond donors (Lipinski definition) is 0. The molecule has 4 fully saturated rings. The summed E-state index contributed by atoms with van der Waals surface area (Å²) in [6.45, 7) is 1.85. The van der Waals surface area contributed by atoms with Gasteiger partial charge >= 0.3 is 6.61 Å². The average Bonchev–Trinajstić information content (AvgIpc) is 3.04. The van der Waals surface area contributed by atoms with Crippen LogP contribution in [-0.2, 0) is 4.79 Å². The minimum absolute atomic E-state index is 0.00774. The monoisotopic (exact) mass is 458 g/mol. The van der Waals surface area contributed by atoms with Crippen LogP contribution < -0.4 is 9.47 Å². The van der Waals surface area contributed by atoms with E-state index in [9.17, 15) is 13.6 Å². The summed E-state index contributed by atoms with van der Waals surface area (Å²) >= 11 is 0. The molecule has 5 rings (SSSR count). The number of carbonyl (C=O) groups is 1. The second-order valence-electron chi connectivity index (χ2n) is 11.4. The van der Waals surface area contributed by atoms with Crippen LogP contribution in [0.25, 0.3) is 6.08 Å². The van der Waals surface area contributed by atoms with Crippen LogP contribution in [0.1, 0.15) is 77.2 Å². The van der Waals surface area contributed by atoms with Crippen molar-refractivity contribution < 1.29 is 23.0 Å². The van der Waals surface area contributed by atoms with Gasteiger partial charge in [-0.1, -0.05) is 32.8 Å². The second kappa shape index (κ2) is 8.39. The third kappa shape index (κ3) is 3.70. The molecule has 0 heterocycles. The van der Waals surface area contributed by atoms with Gasteiger partial charge in [-0.2, -0.15) is 8.78 Å². The highest BCUT2D eigenvalue weighted by atomic mass is 19.3. The Morgan fingerprint density at radius 3 is 2.61 bits per heavy atom. The Morgan fingerprint density at radius 2 is 1.85 bits per heavy atom. The molecule has 3 nitrogen and oxygen atoms in total. The van der Waals surface area contributed by atoms with Crippen molar-refractivity contribution in [3.05, 3.63) is 29.3 Å². The maximum atomic E-state index is 13.6. The van der Waals surface area contributed by atoms with Gasteiger partial charge < -0.3 is 9.47 Å². The molecule has 0 spiro atoms. The molecule has 4 saturated carbocycles. The largest absolute Gasteiger partial charge is 0.493 e. The molecule has 4 aliphatic rings. The smallest absolute Gasteiger partial charge is 0.387 e. The van der Waals surface area contributed by atoms with E-state index in [4.69, 9.17) is 4.74 Å². The number of ketones is 1. The van der Waals surface area contributed by atoms with Crippen LogP contribution in [0, 0.1) is 34.5 Å². The molecule has 33 heavy (non-hydrogen) atoms. The molecular weight excluding hydrogens is 422 g/mol. The van der Waals surface area contributed by atoms with E-state index in [-0.39, 0.29) is 22.7 Å². The molecule has 0 aromatic heterocycles. The number of halogens is 2. The quantitative estimate of drug-likeness (QED) is 0.444. The number of hydrogen-bond acceptors (Lipinski definition) is 3. The van der Waals surface area contributed by atoms with Crippen molar-refractivity contribution in [2.75, 3.05) is 7.11 Å². The summed E-state index contributed by atoms with van der Waals surface area (Å²) in [4.78, 5) is 13.6. The number of benzene rings is 1. The van der Waals surface area contributed by atoms with Gasteiger partial charge in [0.15, 0.2) is 17.3 Å². The Hall–Kier alpha value is -1.91. The predicted octanol–water partition coefficient (Wildman–Crippen LogP) is 7.29. The van der Waals surface area contributed by atoms with Gasteiger partial charge in [-0.05, 0) is 103 Å². The lowest BCUT2D eigenvalue weighted by Gasteiger charge is -2.59. The fourth-order valence-electron chi connectivity index (χ4n) is 8.26. The van der Waals surface area contributed by atoms with E-state index in [0.717, 1.165) is 35.8 Å². The standard InChI is InChI=1S/C28H36F2O3/c1-27-12-5-4-6-19(27)8-9-20-21(27)11-13-28(2)22(20)16-18(25(28)31)14-17-7-10-23(33-26(29)30)24(15-17)32-3/h7,10,14-15,19-22,26H,4-6,8-9,11-13,16H2,1-3H3/b18-14-/t19-,20+,21-,22-,27+,28+/m1/s1. The van der Waals surface area contributed by atoms with Crippen molar-refractivity contribution in [1.82, 2.24) is 0 Å². The fourth-order valence-corrected chi connectivity index (χ4v) is 8.26. The van der Waals surface area contributed by atoms with E-state index in [2.05, 4.69) is 18.6 Å². The zero-order chi connectivity index (χ0) is 23.4. The van der Waals surface area contributed by atoms with Crippen LogP contribution in [0.4, 0.5) is 8.78 Å². The molecule has 1 aromatic rings. The van der Waals surface area contributed by atoms with E-state index in [1.165, 1.54) is 58.1 Å². The molecule has 0 unspecified atom stereocenters. The first-order valence-corrected chi connectivity index (χ1v) is 12.6. The van der Waals surface area contributed by atoms with Crippen molar-refractivity contribution in [1.29, 1.82) is 0 Å². The highest BCUT2D eigenvalue weighted by Crippen LogP contribution is 2.66.